The molecule has 0 aliphatic rings. The lowest BCUT2D eigenvalue weighted by molar-refractivity contribution is 0.302. The van der Waals surface area contributed by atoms with Gasteiger partial charge in [0.25, 0.3) is 0 Å². The highest BCUT2D eigenvalue weighted by Crippen LogP contribution is 2.28. The Hall–Kier alpha value is -3.07. The van der Waals surface area contributed by atoms with Crippen LogP contribution in [0.3, 0.4) is 0 Å². The first-order valence-electron chi connectivity index (χ1n) is 11.3. The molecule has 0 amide bonds. The summed E-state index contributed by atoms with van der Waals surface area (Å²) in [5.41, 5.74) is 7.32. The van der Waals surface area contributed by atoms with Crippen LogP contribution in [0.1, 0.15) is 49.3 Å². The fourth-order valence-electron chi connectivity index (χ4n) is 4.11. The van der Waals surface area contributed by atoms with Crippen molar-refractivity contribution in [2.24, 2.45) is 0 Å². The summed E-state index contributed by atoms with van der Waals surface area (Å²) in [4.78, 5) is 4.97. The van der Waals surface area contributed by atoms with Crippen molar-refractivity contribution >= 4 is 11.0 Å². The van der Waals surface area contributed by atoms with Gasteiger partial charge in [-0.3, -0.25) is 0 Å². The van der Waals surface area contributed by atoms with Gasteiger partial charge in [0, 0.05) is 12.1 Å². The lowest BCUT2D eigenvalue weighted by Crippen LogP contribution is -2.06. The molecule has 0 radical (unpaired) electrons. The Kier molecular flexibility index (Phi) is 6.41. The van der Waals surface area contributed by atoms with Crippen LogP contribution >= 0.6 is 0 Å². The Morgan fingerprint density at radius 3 is 2.48 bits per heavy atom. The number of ether oxygens (including phenoxy) is 1. The van der Waals surface area contributed by atoms with Crippen LogP contribution < -0.4 is 4.74 Å². The minimum Gasteiger partial charge on any atom is -0.494 e. The van der Waals surface area contributed by atoms with Gasteiger partial charge < -0.3 is 9.30 Å². The molecule has 0 N–H and O–H groups in total. The third-order valence-corrected chi connectivity index (χ3v) is 6.13. The van der Waals surface area contributed by atoms with Gasteiger partial charge in [0.2, 0.25) is 0 Å². The highest BCUT2D eigenvalue weighted by Gasteiger charge is 2.14. The molecule has 1 heterocycles. The Bertz CT molecular complexity index is 1160. The average Bonchev–Trinajstić information content (AvgIpc) is 3.15. The van der Waals surface area contributed by atoms with Gasteiger partial charge in [0.05, 0.1) is 17.6 Å². The van der Waals surface area contributed by atoms with Crippen LogP contribution in [-0.2, 0) is 6.54 Å². The third kappa shape index (κ3) is 4.66. The maximum Gasteiger partial charge on any atom is 0.141 e. The van der Waals surface area contributed by atoms with Crippen molar-refractivity contribution in [1.29, 1.82) is 0 Å². The second kappa shape index (κ2) is 9.38. The van der Waals surface area contributed by atoms with E-state index in [2.05, 4.69) is 99.0 Å². The standard InChI is InChI=1S/C28H32N2O/c1-5-21(3)23-12-14-24(15-13-23)31-18-8-17-30-27-10-7-6-9-26(27)29-28(30)25-16-11-20(2)19-22(25)4/h6-7,9-16,19,21H,5,8,17-18H2,1-4H3. The van der Waals surface area contributed by atoms with Crippen molar-refractivity contribution < 1.29 is 4.74 Å². The Morgan fingerprint density at radius 2 is 1.74 bits per heavy atom. The van der Waals surface area contributed by atoms with Crippen LogP contribution in [-0.4, -0.2) is 16.2 Å². The normalized spacial score (nSPS) is 12.3. The minimum atomic E-state index is 0.590. The van der Waals surface area contributed by atoms with Crippen LogP contribution in [0.5, 0.6) is 5.75 Å². The maximum absolute atomic E-state index is 6.04. The van der Waals surface area contributed by atoms with E-state index >= 15 is 0 Å². The zero-order valence-electron chi connectivity index (χ0n) is 19.1. The molecule has 0 saturated heterocycles. The molecule has 0 aliphatic carbocycles. The number of aromatic nitrogens is 2. The molecule has 3 aromatic carbocycles. The number of nitrogens with zero attached hydrogens (tertiary/aromatic N) is 2. The van der Waals surface area contributed by atoms with Crippen LogP contribution in [0.4, 0.5) is 0 Å². The van der Waals surface area contributed by atoms with Crippen LogP contribution in [0.25, 0.3) is 22.4 Å². The molecule has 0 saturated carbocycles. The van der Waals surface area contributed by atoms with Gasteiger partial charge in [-0.15, -0.1) is 0 Å². The summed E-state index contributed by atoms with van der Waals surface area (Å²) in [6, 6.07) is 23.5. The fraction of sp³-hybridized carbons (Fsp3) is 0.321. The maximum atomic E-state index is 6.04. The molecule has 0 spiro atoms. The molecule has 0 aliphatic heterocycles. The van der Waals surface area contributed by atoms with Gasteiger partial charge in [-0.25, -0.2) is 4.98 Å². The summed E-state index contributed by atoms with van der Waals surface area (Å²) in [5.74, 6) is 2.57. The largest absolute Gasteiger partial charge is 0.494 e. The Labute approximate surface area is 185 Å². The number of rotatable bonds is 8. The van der Waals surface area contributed by atoms with E-state index in [9.17, 15) is 0 Å². The summed E-state index contributed by atoms with van der Waals surface area (Å²) >= 11 is 0. The smallest absolute Gasteiger partial charge is 0.141 e. The first-order valence-corrected chi connectivity index (χ1v) is 11.3. The number of hydrogen-bond donors (Lipinski definition) is 0. The quantitative estimate of drug-likeness (QED) is 0.284. The number of imidazole rings is 1. The summed E-state index contributed by atoms with van der Waals surface area (Å²) < 4.78 is 8.37. The second-order valence-electron chi connectivity index (χ2n) is 8.47. The number of benzene rings is 3. The van der Waals surface area contributed by atoms with Gasteiger partial charge in [-0.2, -0.15) is 0 Å². The van der Waals surface area contributed by atoms with E-state index in [1.54, 1.807) is 0 Å². The average molecular weight is 413 g/mol. The summed E-state index contributed by atoms with van der Waals surface area (Å²) in [7, 11) is 0. The minimum absolute atomic E-state index is 0.590. The highest BCUT2D eigenvalue weighted by atomic mass is 16.5. The van der Waals surface area contributed by atoms with E-state index in [0.29, 0.717) is 12.5 Å². The van der Waals surface area contributed by atoms with Crippen molar-refractivity contribution in [3.63, 3.8) is 0 Å². The van der Waals surface area contributed by atoms with E-state index in [1.165, 1.54) is 27.8 Å². The van der Waals surface area contributed by atoms with Crippen molar-refractivity contribution in [3.05, 3.63) is 83.4 Å². The summed E-state index contributed by atoms with van der Waals surface area (Å²) in [6.45, 7) is 10.3. The Morgan fingerprint density at radius 1 is 0.968 bits per heavy atom. The highest BCUT2D eigenvalue weighted by molar-refractivity contribution is 5.81. The number of hydrogen-bond acceptors (Lipinski definition) is 2. The van der Waals surface area contributed by atoms with Gasteiger partial charge in [0.15, 0.2) is 0 Å². The molecule has 1 aromatic heterocycles. The molecular formula is C28H32N2O. The first-order chi connectivity index (χ1) is 15.1. The number of fused-ring (bicyclic) bond motifs is 1. The number of aryl methyl sites for hydroxylation is 3. The molecule has 1 unspecified atom stereocenters. The molecule has 4 aromatic rings. The number of para-hydroxylation sites is 2. The first kappa shape index (κ1) is 21.2. The topological polar surface area (TPSA) is 27.1 Å². The molecule has 0 fully saturated rings. The lowest BCUT2D eigenvalue weighted by atomic mass is 9.99. The molecule has 1 atom stereocenters. The monoisotopic (exact) mass is 412 g/mol. The second-order valence-corrected chi connectivity index (χ2v) is 8.47. The van der Waals surface area contributed by atoms with Crippen molar-refractivity contribution in [2.45, 2.75) is 53.0 Å². The summed E-state index contributed by atoms with van der Waals surface area (Å²) in [5, 5.41) is 0. The molecule has 4 rings (SSSR count). The van der Waals surface area contributed by atoms with E-state index in [1.807, 2.05) is 0 Å². The van der Waals surface area contributed by atoms with Gasteiger partial charge >= 0.3 is 0 Å². The lowest BCUT2D eigenvalue weighted by Gasteiger charge is -2.13. The van der Waals surface area contributed by atoms with Crippen LogP contribution in [0, 0.1) is 13.8 Å². The van der Waals surface area contributed by atoms with Crippen molar-refractivity contribution in [2.75, 3.05) is 6.61 Å². The van der Waals surface area contributed by atoms with E-state index < -0.39 is 0 Å². The molecule has 3 heteroatoms. The third-order valence-electron chi connectivity index (χ3n) is 6.13. The van der Waals surface area contributed by atoms with Crippen LogP contribution in [0.15, 0.2) is 66.7 Å². The molecule has 3 nitrogen and oxygen atoms in total. The van der Waals surface area contributed by atoms with Gasteiger partial charge in [-0.05, 0) is 68.0 Å². The van der Waals surface area contributed by atoms with Gasteiger partial charge in [-0.1, -0.05) is 61.9 Å². The van der Waals surface area contributed by atoms with Crippen molar-refractivity contribution in [1.82, 2.24) is 9.55 Å². The molecular weight excluding hydrogens is 380 g/mol. The summed E-state index contributed by atoms with van der Waals surface area (Å²) in [6.07, 6.45) is 2.08. The zero-order chi connectivity index (χ0) is 21.8. The predicted molar refractivity (Wildman–Crippen MR) is 130 cm³/mol. The molecule has 31 heavy (non-hydrogen) atoms. The zero-order valence-corrected chi connectivity index (χ0v) is 19.1. The van der Waals surface area contributed by atoms with Crippen LogP contribution in [0.2, 0.25) is 0 Å². The fourth-order valence-corrected chi connectivity index (χ4v) is 4.11. The molecule has 160 valence electrons. The van der Waals surface area contributed by atoms with E-state index in [-0.39, 0.29) is 0 Å². The Balaban J connectivity index is 1.49. The van der Waals surface area contributed by atoms with Gasteiger partial charge in [0.1, 0.15) is 11.6 Å². The van der Waals surface area contributed by atoms with E-state index in [0.717, 1.165) is 36.5 Å². The predicted octanol–water partition coefficient (Wildman–Crippen LogP) is 7.30. The molecule has 0 bridgehead atoms. The van der Waals surface area contributed by atoms with Crippen molar-refractivity contribution in [3.8, 4) is 17.1 Å². The van der Waals surface area contributed by atoms with E-state index in [4.69, 9.17) is 9.72 Å². The SMILES string of the molecule is CCC(C)c1ccc(OCCCn2c(-c3ccc(C)cc3C)nc3ccccc32)cc1.